The number of benzene rings is 1. The zero-order valence-corrected chi connectivity index (χ0v) is 14.7. The van der Waals surface area contributed by atoms with Crippen LogP contribution >= 0.6 is 24.0 Å². The highest BCUT2D eigenvalue weighted by Gasteiger charge is 2.31. The first-order chi connectivity index (χ1) is 10.6. The van der Waals surface area contributed by atoms with E-state index in [0.29, 0.717) is 23.8 Å². The van der Waals surface area contributed by atoms with Crippen molar-refractivity contribution in [3.8, 4) is 0 Å². The maximum atomic E-state index is 12.8. The third kappa shape index (κ3) is 3.52. The van der Waals surface area contributed by atoms with Gasteiger partial charge in [0.1, 0.15) is 0 Å². The minimum absolute atomic E-state index is 0. The Kier molecular flexibility index (Phi) is 5.68. The molecule has 1 aliphatic heterocycles. The fourth-order valence-corrected chi connectivity index (χ4v) is 3.04. The van der Waals surface area contributed by atoms with Gasteiger partial charge >= 0.3 is 0 Å². The molecule has 1 N–H and O–H groups in total. The van der Waals surface area contributed by atoms with Crippen LogP contribution in [0.3, 0.4) is 0 Å². The largest absolute Gasteiger partial charge is 0.328 e. The van der Waals surface area contributed by atoms with E-state index in [1.165, 1.54) is 0 Å². The van der Waals surface area contributed by atoms with Crippen LogP contribution in [0, 0.1) is 6.92 Å². The summed E-state index contributed by atoms with van der Waals surface area (Å²) in [7, 11) is 1.84. The van der Waals surface area contributed by atoms with E-state index in [0.717, 1.165) is 17.8 Å². The minimum atomic E-state index is -0.0720. The number of piperazine rings is 1. The van der Waals surface area contributed by atoms with Crippen LogP contribution in [0.1, 0.15) is 27.8 Å². The molecule has 0 aliphatic carbocycles. The lowest BCUT2D eigenvalue weighted by Crippen LogP contribution is -2.48. The number of hydrogen-bond donors (Lipinski definition) is 1. The predicted molar refractivity (Wildman–Crippen MR) is 93.3 cm³/mol. The number of aromatic nitrogens is 2. The van der Waals surface area contributed by atoms with E-state index in [2.05, 4.69) is 10.4 Å². The predicted octanol–water partition coefficient (Wildman–Crippen LogP) is 2.59. The summed E-state index contributed by atoms with van der Waals surface area (Å²) in [5, 5.41) is 8.33. The summed E-state index contributed by atoms with van der Waals surface area (Å²) in [5.74, 6) is -0.0462. The van der Waals surface area contributed by atoms with E-state index < -0.39 is 0 Å². The van der Waals surface area contributed by atoms with Crippen molar-refractivity contribution in [2.24, 2.45) is 7.05 Å². The highest BCUT2D eigenvalue weighted by Crippen LogP contribution is 2.29. The van der Waals surface area contributed by atoms with E-state index in [4.69, 9.17) is 11.6 Å². The summed E-state index contributed by atoms with van der Waals surface area (Å²) in [6, 6.07) is 9.44. The number of aryl methyl sites for hydroxylation is 2. The summed E-state index contributed by atoms with van der Waals surface area (Å²) in [4.78, 5) is 14.7. The molecule has 124 valence electrons. The highest BCUT2D eigenvalue weighted by molar-refractivity contribution is 6.31. The van der Waals surface area contributed by atoms with E-state index in [1.54, 1.807) is 4.68 Å². The van der Waals surface area contributed by atoms with Gasteiger partial charge in [-0.2, -0.15) is 5.10 Å². The molecule has 1 amide bonds. The van der Waals surface area contributed by atoms with Crippen LogP contribution in [-0.4, -0.2) is 40.2 Å². The number of halogens is 2. The van der Waals surface area contributed by atoms with Crippen LogP contribution in [0.5, 0.6) is 0 Å². The number of carbonyl (C=O) groups is 1. The Morgan fingerprint density at radius 1 is 1.39 bits per heavy atom. The van der Waals surface area contributed by atoms with Gasteiger partial charge in [-0.1, -0.05) is 29.8 Å². The summed E-state index contributed by atoms with van der Waals surface area (Å²) in [5.41, 5.74) is 2.42. The molecule has 0 bridgehead atoms. The quantitative estimate of drug-likeness (QED) is 0.901. The zero-order valence-electron chi connectivity index (χ0n) is 13.1. The van der Waals surface area contributed by atoms with Gasteiger partial charge in [-0.25, -0.2) is 0 Å². The van der Waals surface area contributed by atoms with Crippen LogP contribution in [0.15, 0.2) is 30.3 Å². The lowest BCUT2D eigenvalue weighted by Gasteiger charge is -2.36. The first kappa shape index (κ1) is 17.8. The second kappa shape index (κ2) is 7.34. The molecular formula is C16H20Cl2N4O. The first-order valence-corrected chi connectivity index (χ1v) is 7.72. The molecule has 1 fully saturated rings. The number of hydrogen-bond acceptors (Lipinski definition) is 3. The Balaban J connectivity index is 0.00000192. The smallest absolute Gasteiger partial charge is 0.274 e. The molecule has 23 heavy (non-hydrogen) atoms. The third-order valence-electron chi connectivity index (χ3n) is 4.10. The Bertz CT molecular complexity index is 682. The van der Waals surface area contributed by atoms with Gasteiger partial charge in [0.2, 0.25) is 0 Å². The first-order valence-electron chi connectivity index (χ1n) is 7.34. The Hall–Kier alpha value is -1.56. The van der Waals surface area contributed by atoms with Gasteiger partial charge < -0.3 is 10.2 Å². The van der Waals surface area contributed by atoms with Gasteiger partial charge in [-0.3, -0.25) is 9.48 Å². The second-order valence-electron chi connectivity index (χ2n) is 5.53. The fourth-order valence-electron chi connectivity index (χ4n) is 2.78. The molecule has 2 heterocycles. The molecule has 1 aromatic carbocycles. The molecule has 2 aromatic rings. The molecule has 3 rings (SSSR count). The van der Waals surface area contributed by atoms with E-state index in [9.17, 15) is 4.79 Å². The number of rotatable bonds is 2. The fraction of sp³-hybridized carbons (Fsp3) is 0.375. The van der Waals surface area contributed by atoms with Gasteiger partial charge in [-0.15, -0.1) is 12.4 Å². The van der Waals surface area contributed by atoms with E-state index in [-0.39, 0.29) is 24.4 Å². The molecule has 1 unspecified atom stereocenters. The van der Waals surface area contributed by atoms with Crippen molar-refractivity contribution >= 4 is 29.9 Å². The topological polar surface area (TPSA) is 50.2 Å². The van der Waals surface area contributed by atoms with Gasteiger partial charge in [0.05, 0.1) is 6.04 Å². The van der Waals surface area contributed by atoms with Crippen molar-refractivity contribution in [2.75, 3.05) is 19.6 Å². The second-order valence-corrected chi connectivity index (χ2v) is 5.94. The molecule has 1 saturated heterocycles. The number of nitrogens with one attached hydrogen (secondary N) is 1. The van der Waals surface area contributed by atoms with Crippen LogP contribution < -0.4 is 5.32 Å². The normalized spacial score (nSPS) is 17.7. The van der Waals surface area contributed by atoms with Crippen molar-refractivity contribution in [3.05, 3.63) is 52.3 Å². The number of carbonyl (C=O) groups excluding carboxylic acids is 1. The standard InChI is InChI=1S/C16H19ClN4O.ClH/c1-11-9-14(19-20(11)2)16(22)21-8-7-18-10-15(21)12-5-3-4-6-13(12)17;/h3-6,9,15,18H,7-8,10H2,1-2H3;1H. The SMILES string of the molecule is Cc1cc(C(=O)N2CCNCC2c2ccccc2Cl)nn1C.Cl. The molecular weight excluding hydrogens is 335 g/mol. The Morgan fingerprint density at radius 3 is 2.78 bits per heavy atom. The summed E-state index contributed by atoms with van der Waals surface area (Å²) in [6.45, 7) is 4.05. The highest BCUT2D eigenvalue weighted by atomic mass is 35.5. The third-order valence-corrected chi connectivity index (χ3v) is 4.45. The van der Waals surface area contributed by atoms with E-state index >= 15 is 0 Å². The van der Waals surface area contributed by atoms with Gasteiger partial charge in [0.15, 0.2) is 5.69 Å². The van der Waals surface area contributed by atoms with Gasteiger partial charge in [0, 0.05) is 37.4 Å². The van der Waals surface area contributed by atoms with Crippen molar-refractivity contribution in [1.82, 2.24) is 20.0 Å². The van der Waals surface area contributed by atoms with Crippen LogP contribution in [-0.2, 0) is 7.05 Å². The van der Waals surface area contributed by atoms with Crippen LogP contribution in [0.25, 0.3) is 0 Å². The van der Waals surface area contributed by atoms with Crippen molar-refractivity contribution < 1.29 is 4.79 Å². The minimum Gasteiger partial charge on any atom is -0.328 e. The Labute approximate surface area is 147 Å². The molecule has 0 spiro atoms. The molecule has 5 nitrogen and oxygen atoms in total. The van der Waals surface area contributed by atoms with Gasteiger partial charge in [-0.05, 0) is 24.6 Å². The number of amides is 1. The van der Waals surface area contributed by atoms with Crippen molar-refractivity contribution in [3.63, 3.8) is 0 Å². The molecule has 1 aliphatic rings. The molecule has 7 heteroatoms. The lowest BCUT2D eigenvalue weighted by atomic mass is 10.0. The zero-order chi connectivity index (χ0) is 15.7. The monoisotopic (exact) mass is 354 g/mol. The summed E-state index contributed by atoms with van der Waals surface area (Å²) >= 11 is 6.32. The molecule has 0 radical (unpaired) electrons. The van der Waals surface area contributed by atoms with E-state index in [1.807, 2.05) is 49.2 Å². The molecule has 0 saturated carbocycles. The summed E-state index contributed by atoms with van der Waals surface area (Å²) in [6.07, 6.45) is 0. The van der Waals surface area contributed by atoms with Gasteiger partial charge in [0.25, 0.3) is 5.91 Å². The lowest BCUT2D eigenvalue weighted by molar-refractivity contribution is 0.0627. The maximum absolute atomic E-state index is 12.8. The Morgan fingerprint density at radius 2 is 2.13 bits per heavy atom. The van der Waals surface area contributed by atoms with Crippen molar-refractivity contribution in [1.29, 1.82) is 0 Å². The summed E-state index contributed by atoms with van der Waals surface area (Å²) < 4.78 is 1.72. The average molecular weight is 355 g/mol. The maximum Gasteiger partial charge on any atom is 0.274 e. The number of nitrogens with zero attached hydrogens (tertiary/aromatic N) is 3. The average Bonchev–Trinajstić information content (AvgIpc) is 2.87. The van der Waals surface area contributed by atoms with Crippen LogP contribution in [0.2, 0.25) is 5.02 Å². The molecule has 1 atom stereocenters. The molecule has 1 aromatic heterocycles. The van der Waals surface area contributed by atoms with Crippen molar-refractivity contribution in [2.45, 2.75) is 13.0 Å². The van der Waals surface area contributed by atoms with Crippen LogP contribution in [0.4, 0.5) is 0 Å².